The highest BCUT2D eigenvalue weighted by Gasteiger charge is 2.08. The van der Waals surface area contributed by atoms with Crippen LogP contribution in [0, 0.1) is 18.6 Å². The van der Waals surface area contributed by atoms with Crippen molar-refractivity contribution in [1.82, 2.24) is 25.4 Å². The number of aromatic nitrogens is 3. The topological polar surface area (TPSA) is 67.1 Å². The second-order valence-corrected chi connectivity index (χ2v) is 6.94. The van der Waals surface area contributed by atoms with Crippen LogP contribution in [0.2, 0.25) is 0 Å². The number of hydrogen-bond acceptors (Lipinski definition) is 4. The minimum Gasteiger partial charge on any atom is -0.351 e. The smallest absolute Gasteiger partial charge is 0.192 e. The molecule has 0 aliphatic heterocycles. The van der Waals surface area contributed by atoms with E-state index in [-0.39, 0.29) is 12.1 Å². The van der Waals surface area contributed by atoms with Gasteiger partial charge in [-0.15, -0.1) is 21.5 Å². The molecule has 0 fully saturated rings. The fraction of sp³-hybridized carbons (Fsp3) is 0.278. The van der Waals surface area contributed by atoms with Gasteiger partial charge in [-0.05, 0) is 36.6 Å². The Bertz CT molecular complexity index is 920. The Morgan fingerprint density at radius 3 is 2.70 bits per heavy atom. The summed E-state index contributed by atoms with van der Waals surface area (Å²) >= 11 is 1.62. The first kappa shape index (κ1) is 19.0. The van der Waals surface area contributed by atoms with E-state index >= 15 is 0 Å². The Morgan fingerprint density at radius 2 is 2.00 bits per heavy atom. The SMILES string of the molecule is Cc1nnc(CNC(=NCc2cc(F)ccc2F)NCc2cccs2)n1C. The monoisotopic (exact) mass is 390 g/mol. The van der Waals surface area contributed by atoms with Crippen LogP contribution in [-0.2, 0) is 26.7 Å². The third-order valence-electron chi connectivity index (χ3n) is 4.02. The lowest BCUT2D eigenvalue weighted by Gasteiger charge is -2.12. The summed E-state index contributed by atoms with van der Waals surface area (Å²) in [5, 5.41) is 16.5. The number of guanidine groups is 1. The molecule has 2 N–H and O–H groups in total. The lowest BCUT2D eigenvalue weighted by Crippen LogP contribution is -2.37. The summed E-state index contributed by atoms with van der Waals surface area (Å²) in [6.07, 6.45) is 0. The molecule has 3 rings (SSSR count). The summed E-state index contributed by atoms with van der Waals surface area (Å²) in [6.45, 7) is 2.86. The summed E-state index contributed by atoms with van der Waals surface area (Å²) in [5.41, 5.74) is 0.196. The highest BCUT2D eigenvalue weighted by atomic mass is 32.1. The van der Waals surface area contributed by atoms with Crippen LogP contribution >= 0.6 is 11.3 Å². The summed E-state index contributed by atoms with van der Waals surface area (Å²) in [5.74, 6) is 1.06. The third kappa shape index (κ3) is 5.10. The molecular formula is C18H20F2N6S. The first-order valence-corrected chi connectivity index (χ1v) is 9.24. The van der Waals surface area contributed by atoms with E-state index in [0.29, 0.717) is 19.0 Å². The van der Waals surface area contributed by atoms with Gasteiger partial charge in [-0.1, -0.05) is 6.07 Å². The lowest BCUT2D eigenvalue weighted by atomic mass is 10.2. The Morgan fingerprint density at radius 1 is 1.19 bits per heavy atom. The molecule has 0 spiro atoms. The fourth-order valence-corrected chi connectivity index (χ4v) is 3.00. The van der Waals surface area contributed by atoms with Crippen molar-refractivity contribution in [1.29, 1.82) is 0 Å². The highest BCUT2D eigenvalue weighted by Crippen LogP contribution is 2.11. The van der Waals surface area contributed by atoms with Gasteiger partial charge in [0.15, 0.2) is 11.8 Å². The van der Waals surface area contributed by atoms with Gasteiger partial charge in [-0.25, -0.2) is 13.8 Å². The zero-order chi connectivity index (χ0) is 19.2. The van der Waals surface area contributed by atoms with E-state index in [9.17, 15) is 8.78 Å². The molecule has 0 aliphatic rings. The van der Waals surface area contributed by atoms with Gasteiger partial charge in [-0.2, -0.15) is 0 Å². The van der Waals surface area contributed by atoms with Gasteiger partial charge in [0.1, 0.15) is 17.5 Å². The Hall–Kier alpha value is -2.81. The molecule has 9 heteroatoms. The summed E-state index contributed by atoms with van der Waals surface area (Å²) in [7, 11) is 1.88. The largest absolute Gasteiger partial charge is 0.351 e. The van der Waals surface area contributed by atoms with Gasteiger partial charge in [-0.3, -0.25) is 0 Å². The van der Waals surface area contributed by atoms with Crippen LogP contribution in [0.5, 0.6) is 0 Å². The molecule has 3 aromatic rings. The molecule has 27 heavy (non-hydrogen) atoms. The average molecular weight is 390 g/mol. The number of aryl methyl sites for hydroxylation is 1. The minimum absolute atomic E-state index is 0.0151. The molecule has 2 heterocycles. The second kappa shape index (κ2) is 8.72. The highest BCUT2D eigenvalue weighted by molar-refractivity contribution is 7.09. The number of nitrogens with zero attached hydrogens (tertiary/aromatic N) is 4. The van der Waals surface area contributed by atoms with Crippen molar-refractivity contribution in [2.24, 2.45) is 12.0 Å². The van der Waals surface area contributed by atoms with Gasteiger partial charge in [0.2, 0.25) is 0 Å². The molecule has 0 saturated heterocycles. The maximum Gasteiger partial charge on any atom is 0.192 e. The van der Waals surface area contributed by atoms with Crippen molar-refractivity contribution in [3.63, 3.8) is 0 Å². The molecule has 0 unspecified atom stereocenters. The third-order valence-corrected chi connectivity index (χ3v) is 4.90. The first-order valence-electron chi connectivity index (χ1n) is 8.36. The number of benzene rings is 1. The van der Waals surface area contributed by atoms with Crippen molar-refractivity contribution in [3.05, 3.63) is 69.4 Å². The number of rotatable bonds is 6. The zero-order valence-electron chi connectivity index (χ0n) is 15.0. The van der Waals surface area contributed by atoms with E-state index in [2.05, 4.69) is 25.8 Å². The number of hydrogen-bond donors (Lipinski definition) is 2. The Balaban J connectivity index is 1.71. The first-order chi connectivity index (χ1) is 13.0. The molecule has 0 aliphatic carbocycles. The van der Waals surface area contributed by atoms with E-state index < -0.39 is 11.6 Å². The van der Waals surface area contributed by atoms with E-state index in [1.165, 1.54) is 0 Å². The van der Waals surface area contributed by atoms with Crippen LogP contribution < -0.4 is 10.6 Å². The molecule has 0 radical (unpaired) electrons. The molecule has 0 amide bonds. The average Bonchev–Trinajstić information content (AvgIpc) is 3.28. The Kier molecular flexibility index (Phi) is 6.12. The molecular weight excluding hydrogens is 370 g/mol. The maximum absolute atomic E-state index is 13.8. The predicted molar refractivity (Wildman–Crippen MR) is 101 cm³/mol. The van der Waals surface area contributed by atoms with Crippen LogP contribution in [0.4, 0.5) is 8.78 Å². The standard InChI is InChI=1S/C18H20F2N6S/c1-12-24-25-17(26(12)2)11-23-18(22-10-15-4-3-7-27-15)21-9-13-8-14(19)5-6-16(13)20/h3-8H,9-11H2,1-2H3,(H2,21,22,23). The number of nitrogens with one attached hydrogen (secondary N) is 2. The van der Waals surface area contributed by atoms with Crippen molar-refractivity contribution >= 4 is 17.3 Å². The van der Waals surface area contributed by atoms with Crippen molar-refractivity contribution in [2.45, 2.75) is 26.6 Å². The second-order valence-electron chi connectivity index (χ2n) is 5.91. The molecule has 1 aromatic carbocycles. The van der Waals surface area contributed by atoms with Crippen molar-refractivity contribution < 1.29 is 8.78 Å². The quantitative estimate of drug-likeness (QED) is 0.502. The van der Waals surface area contributed by atoms with Gasteiger partial charge >= 0.3 is 0 Å². The van der Waals surface area contributed by atoms with Crippen LogP contribution in [0.1, 0.15) is 22.1 Å². The molecule has 2 aromatic heterocycles. The fourth-order valence-electron chi connectivity index (χ4n) is 2.35. The number of thiophene rings is 1. The van der Waals surface area contributed by atoms with Crippen molar-refractivity contribution in [3.8, 4) is 0 Å². The van der Waals surface area contributed by atoms with Crippen LogP contribution in [-0.4, -0.2) is 20.7 Å². The molecule has 0 bridgehead atoms. The van der Waals surface area contributed by atoms with E-state index in [4.69, 9.17) is 0 Å². The van der Waals surface area contributed by atoms with E-state index in [1.807, 2.05) is 36.1 Å². The van der Waals surface area contributed by atoms with Gasteiger partial charge < -0.3 is 15.2 Å². The van der Waals surface area contributed by atoms with E-state index in [0.717, 1.165) is 34.7 Å². The normalized spacial score (nSPS) is 11.6. The van der Waals surface area contributed by atoms with Gasteiger partial charge in [0.25, 0.3) is 0 Å². The molecule has 0 saturated carbocycles. The molecule has 6 nitrogen and oxygen atoms in total. The van der Waals surface area contributed by atoms with Crippen LogP contribution in [0.3, 0.4) is 0 Å². The predicted octanol–water partition coefficient (Wildman–Crippen LogP) is 2.90. The molecule has 0 atom stereocenters. The maximum atomic E-state index is 13.8. The van der Waals surface area contributed by atoms with Crippen LogP contribution in [0.25, 0.3) is 0 Å². The lowest BCUT2D eigenvalue weighted by molar-refractivity contribution is 0.585. The summed E-state index contributed by atoms with van der Waals surface area (Å²) in [6, 6.07) is 7.33. The number of halogens is 2. The summed E-state index contributed by atoms with van der Waals surface area (Å²) in [4.78, 5) is 5.52. The summed E-state index contributed by atoms with van der Waals surface area (Å²) < 4.78 is 29.1. The number of aliphatic imine (C=N–C) groups is 1. The van der Waals surface area contributed by atoms with Crippen LogP contribution in [0.15, 0.2) is 40.7 Å². The van der Waals surface area contributed by atoms with Gasteiger partial charge in [0.05, 0.1) is 19.6 Å². The zero-order valence-corrected chi connectivity index (χ0v) is 15.9. The van der Waals surface area contributed by atoms with Crippen molar-refractivity contribution in [2.75, 3.05) is 0 Å². The van der Waals surface area contributed by atoms with E-state index in [1.54, 1.807) is 11.3 Å². The molecule has 142 valence electrons. The van der Waals surface area contributed by atoms with Gasteiger partial charge in [0, 0.05) is 17.5 Å². The minimum atomic E-state index is -0.489. The Labute approximate surface area is 160 Å².